The van der Waals surface area contributed by atoms with Crippen molar-refractivity contribution in [2.45, 2.75) is 19.4 Å². The van der Waals surface area contributed by atoms with E-state index in [9.17, 15) is 0 Å². The lowest BCUT2D eigenvalue weighted by Crippen LogP contribution is -2.46. The maximum Gasteiger partial charge on any atom is 0.219 e. The standard InChI is InChI=1S/C7H16NO2/c1-6-9-5-7(10-6)8(2,3)4/h6-7H,5H2,1-4H3/q+1/t6-,7+/m0/s1. The molecule has 0 aliphatic carbocycles. The molecule has 0 bridgehead atoms. The van der Waals surface area contributed by atoms with Crippen LogP contribution in [0.5, 0.6) is 0 Å². The van der Waals surface area contributed by atoms with Crippen LogP contribution < -0.4 is 0 Å². The fraction of sp³-hybridized carbons (Fsp3) is 1.00. The molecule has 1 rings (SSSR count). The van der Waals surface area contributed by atoms with Crippen LogP contribution in [0.15, 0.2) is 0 Å². The SMILES string of the molecule is C[C@H]1OC[C@H]([N+](C)(C)C)O1. The number of hydrogen-bond acceptors (Lipinski definition) is 2. The van der Waals surface area contributed by atoms with Crippen LogP contribution in [0.3, 0.4) is 0 Å². The molecule has 0 spiro atoms. The molecule has 0 aromatic rings. The summed E-state index contributed by atoms with van der Waals surface area (Å²) in [4.78, 5) is 0. The van der Waals surface area contributed by atoms with Gasteiger partial charge in [-0.2, -0.15) is 0 Å². The maximum atomic E-state index is 5.48. The summed E-state index contributed by atoms with van der Waals surface area (Å²) in [5.74, 6) is 0. The Morgan fingerprint density at radius 2 is 1.90 bits per heavy atom. The predicted octanol–water partition coefficient (Wildman–Crippen LogP) is 0.411. The van der Waals surface area contributed by atoms with Crippen molar-refractivity contribution in [2.75, 3.05) is 27.7 Å². The number of quaternary nitrogens is 1. The lowest BCUT2D eigenvalue weighted by molar-refractivity contribution is -0.916. The summed E-state index contributed by atoms with van der Waals surface area (Å²) in [7, 11) is 6.31. The maximum absolute atomic E-state index is 5.48. The van der Waals surface area contributed by atoms with Gasteiger partial charge in [0.2, 0.25) is 6.23 Å². The smallest absolute Gasteiger partial charge is 0.219 e. The van der Waals surface area contributed by atoms with Crippen molar-refractivity contribution in [3.8, 4) is 0 Å². The molecule has 1 heterocycles. The Morgan fingerprint density at radius 3 is 2.10 bits per heavy atom. The van der Waals surface area contributed by atoms with E-state index in [1.807, 2.05) is 6.92 Å². The molecule has 0 unspecified atom stereocenters. The van der Waals surface area contributed by atoms with Crippen LogP contribution in [0, 0.1) is 0 Å². The third kappa shape index (κ3) is 1.68. The number of ether oxygens (including phenoxy) is 2. The Morgan fingerprint density at radius 1 is 1.30 bits per heavy atom. The van der Waals surface area contributed by atoms with Crippen molar-refractivity contribution < 1.29 is 14.0 Å². The Labute approximate surface area is 62.1 Å². The molecule has 1 aliphatic rings. The molecular formula is C7H16NO2+. The van der Waals surface area contributed by atoms with Crippen LogP contribution in [-0.2, 0) is 9.47 Å². The lowest BCUT2D eigenvalue weighted by atomic mass is 10.5. The summed E-state index contributed by atoms with van der Waals surface area (Å²) in [6.45, 7) is 2.64. The van der Waals surface area contributed by atoms with E-state index in [1.165, 1.54) is 0 Å². The second-order valence-electron chi connectivity index (χ2n) is 3.61. The van der Waals surface area contributed by atoms with Crippen LogP contribution >= 0.6 is 0 Å². The fourth-order valence-corrected chi connectivity index (χ4v) is 0.924. The summed E-state index contributed by atoms with van der Waals surface area (Å²) in [5.41, 5.74) is 0. The van der Waals surface area contributed by atoms with Gasteiger partial charge in [0.15, 0.2) is 6.29 Å². The summed E-state index contributed by atoms with van der Waals surface area (Å²) in [6, 6.07) is 0. The Bertz CT molecular complexity index is 119. The van der Waals surface area contributed by atoms with Crippen molar-refractivity contribution in [1.29, 1.82) is 0 Å². The molecule has 0 saturated carbocycles. The molecule has 1 saturated heterocycles. The van der Waals surface area contributed by atoms with Gasteiger partial charge in [-0.1, -0.05) is 0 Å². The summed E-state index contributed by atoms with van der Waals surface area (Å²) in [5, 5.41) is 0. The van der Waals surface area contributed by atoms with E-state index in [2.05, 4.69) is 21.1 Å². The van der Waals surface area contributed by atoms with Gasteiger partial charge in [-0.25, -0.2) is 0 Å². The lowest BCUT2D eigenvalue weighted by Gasteiger charge is -2.28. The average molecular weight is 146 g/mol. The first-order valence-corrected chi connectivity index (χ1v) is 3.58. The molecule has 2 atom stereocenters. The zero-order valence-corrected chi connectivity index (χ0v) is 7.13. The highest BCUT2D eigenvalue weighted by Crippen LogP contribution is 2.16. The van der Waals surface area contributed by atoms with Crippen molar-refractivity contribution in [3.63, 3.8) is 0 Å². The summed E-state index contributed by atoms with van der Waals surface area (Å²) >= 11 is 0. The summed E-state index contributed by atoms with van der Waals surface area (Å²) < 4.78 is 11.5. The molecule has 10 heavy (non-hydrogen) atoms. The molecular weight excluding hydrogens is 130 g/mol. The Balaban J connectivity index is 2.45. The van der Waals surface area contributed by atoms with E-state index in [0.29, 0.717) is 6.61 Å². The van der Waals surface area contributed by atoms with Gasteiger partial charge < -0.3 is 9.22 Å². The topological polar surface area (TPSA) is 18.5 Å². The van der Waals surface area contributed by atoms with Gasteiger partial charge in [0.25, 0.3) is 0 Å². The first-order chi connectivity index (χ1) is 4.50. The van der Waals surface area contributed by atoms with Crippen LogP contribution in [0.1, 0.15) is 6.92 Å². The Hall–Kier alpha value is -0.120. The zero-order valence-electron chi connectivity index (χ0n) is 7.13. The molecule has 0 aromatic heterocycles. The monoisotopic (exact) mass is 146 g/mol. The van der Waals surface area contributed by atoms with Crippen LogP contribution in [0.2, 0.25) is 0 Å². The van der Waals surface area contributed by atoms with Gasteiger partial charge in [-0.05, 0) is 6.92 Å². The molecule has 1 aliphatic heterocycles. The first-order valence-electron chi connectivity index (χ1n) is 3.58. The average Bonchev–Trinajstić information content (AvgIpc) is 2.11. The van der Waals surface area contributed by atoms with Gasteiger partial charge in [-0.3, -0.25) is 4.74 Å². The highest BCUT2D eigenvalue weighted by atomic mass is 16.7. The van der Waals surface area contributed by atoms with Crippen molar-refractivity contribution >= 4 is 0 Å². The molecule has 0 radical (unpaired) electrons. The molecule has 0 aromatic carbocycles. The fourth-order valence-electron chi connectivity index (χ4n) is 0.924. The Kier molecular flexibility index (Phi) is 1.99. The van der Waals surface area contributed by atoms with Crippen LogP contribution in [0.25, 0.3) is 0 Å². The largest absolute Gasteiger partial charge is 0.344 e. The highest BCUT2D eigenvalue weighted by Gasteiger charge is 2.32. The molecule has 0 amide bonds. The molecule has 3 nitrogen and oxygen atoms in total. The van der Waals surface area contributed by atoms with E-state index in [1.54, 1.807) is 0 Å². The van der Waals surface area contributed by atoms with Crippen LogP contribution in [0.4, 0.5) is 0 Å². The second kappa shape index (κ2) is 2.49. The quantitative estimate of drug-likeness (QED) is 0.499. The van der Waals surface area contributed by atoms with E-state index in [-0.39, 0.29) is 12.5 Å². The number of likely N-dealkylation sites (N-methyl/N-ethyl adjacent to an activating group) is 1. The second-order valence-corrected chi connectivity index (χ2v) is 3.61. The van der Waals surface area contributed by atoms with E-state index < -0.39 is 0 Å². The molecule has 60 valence electrons. The number of rotatable bonds is 1. The van der Waals surface area contributed by atoms with Gasteiger partial charge in [0.1, 0.15) is 6.61 Å². The van der Waals surface area contributed by atoms with Gasteiger partial charge >= 0.3 is 0 Å². The predicted molar refractivity (Wildman–Crippen MR) is 38.3 cm³/mol. The van der Waals surface area contributed by atoms with Gasteiger partial charge in [-0.15, -0.1) is 0 Å². The van der Waals surface area contributed by atoms with E-state index in [4.69, 9.17) is 9.47 Å². The molecule has 1 fully saturated rings. The van der Waals surface area contributed by atoms with Gasteiger partial charge in [0.05, 0.1) is 21.1 Å². The molecule has 0 N–H and O–H groups in total. The summed E-state index contributed by atoms with van der Waals surface area (Å²) in [6.07, 6.45) is 0.178. The van der Waals surface area contributed by atoms with Crippen molar-refractivity contribution in [3.05, 3.63) is 0 Å². The minimum atomic E-state index is -0.0256. The van der Waals surface area contributed by atoms with Crippen molar-refractivity contribution in [1.82, 2.24) is 0 Å². The third-order valence-corrected chi connectivity index (χ3v) is 1.69. The van der Waals surface area contributed by atoms with Crippen LogP contribution in [-0.4, -0.2) is 44.8 Å². The van der Waals surface area contributed by atoms with E-state index >= 15 is 0 Å². The first kappa shape index (κ1) is 7.98. The minimum absolute atomic E-state index is 0.0256. The van der Waals surface area contributed by atoms with E-state index in [0.717, 1.165) is 4.48 Å². The van der Waals surface area contributed by atoms with Gasteiger partial charge in [0, 0.05) is 0 Å². The third-order valence-electron chi connectivity index (χ3n) is 1.69. The highest BCUT2D eigenvalue weighted by molar-refractivity contribution is 4.50. The van der Waals surface area contributed by atoms with Crippen molar-refractivity contribution in [2.24, 2.45) is 0 Å². The number of nitrogens with zero attached hydrogens (tertiary/aromatic N) is 1. The molecule has 3 heteroatoms. The zero-order chi connectivity index (χ0) is 7.78. The normalized spacial score (nSPS) is 34.8. The number of hydrogen-bond donors (Lipinski definition) is 0. The minimum Gasteiger partial charge on any atom is -0.344 e.